The van der Waals surface area contributed by atoms with Gasteiger partial charge in [-0.05, 0) is 41.7 Å². The van der Waals surface area contributed by atoms with Crippen LogP contribution in [0.15, 0.2) is 24.3 Å². The van der Waals surface area contributed by atoms with Crippen molar-refractivity contribution in [2.75, 3.05) is 20.2 Å². The number of hydrogen-bond donors (Lipinski definition) is 1. The lowest BCUT2D eigenvalue weighted by molar-refractivity contribution is -0.137. The fourth-order valence-corrected chi connectivity index (χ4v) is 1.79. The van der Waals surface area contributed by atoms with Gasteiger partial charge in [0.15, 0.2) is 5.82 Å². The van der Waals surface area contributed by atoms with Crippen LogP contribution in [0.5, 0.6) is 0 Å². The van der Waals surface area contributed by atoms with Crippen LogP contribution in [-0.4, -0.2) is 50.4 Å². The van der Waals surface area contributed by atoms with Gasteiger partial charge < -0.3 is 5.11 Å². The maximum Gasteiger partial charge on any atom is 0.416 e. The Morgan fingerprint density at radius 2 is 1.90 bits per heavy atom. The number of alkyl halides is 3. The van der Waals surface area contributed by atoms with E-state index in [2.05, 4.69) is 15.5 Å². The van der Waals surface area contributed by atoms with E-state index in [-0.39, 0.29) is 6.61 Å². The summed E-state index contributed by atoms with van der Waals surface area (Å²) >= 11 is 0. The largest absolute Gasteiger partial charge is 0.416 e. The zero-order valence-corrected chi connectivity index (χ0v) is 11.2. The Balaban J connectivity index is 2.21. The Labute approximate surface area is 118 Å². The third-order valence-electron chi connectivity index (χ3n) is 2.87. The summed E-state index contributed by atoms with van der Waals surface area (Å²) in [6, 6.07) is 4.60. The Kier molecular flexibility index (Phi) is 4.53. The van der Waals surface area contributed by atoms with E-state index in [0.717, 1.165) is 12.1 Å². The topological polar surface area (TPSA) is 67.1 Å². The molecule has 0 atom stereocenters. The third-order valence-corrected chi connectivity index (χ3v) is 2.87. The number of halogens is 3. The first-order valence-electron chi connectivity index (χ1n) is 6.16. The van der Waals surface area contributed by atoms with Gasteiger partial charge in [0.25, 0.3) is 0 Å². The number of benzene rings is 1. The molecule has 0 aliphatic heterocycles. The molecule has 1 aromatic heterocycles. The van der Waals surface area contributed by atoms with Crippen LogP contribution in [0, 0.1) is 0 Å². The van der Waals surface area contributed by atoms with Crippen molar-refractivity contribution in [2.24, 2.45) is 0 Å². The standard InChI is InChI=1S/C12H14F3N5O/c1-19(6-7-21)8-11-16-17-18-20(11)10-4-2-9(3-5-10)12(13,14)15/h2-5,21H,6-8H2,1H3. The smallest absolute Gasteiger partial charge is 0.395 e. The molecular weight excluding hydrogens is 287 g/mol. The molecule has 0 spiro atoms. The first-order valence-corrected chi connectivity index (χ1v) is 6.16. The molecule has 0 fully saturated rings. The number of aliphatic hydroxyl groups is 1. The highest BCUT2D eigenvalue weighted by Gasteiger charge is 2.30. The van der Waals surface area contributed by atoms with E-state index in [9.17, 15) is 13.2 Å². The molecule has 0 bridgehead atoms. The molecule has 1 aromatic carbocycles. The molecule has 0 saturated heterocycles. The summed E-state index contributed by atoms with van der Waals surface area (Å²) in [7, 11) is 1.78. The summed E-state index contributed by atoms with van der Waals surface area (Å²) in [5.41, 5.74) is -0.279. The van der Waals surface area contributed by atoms with Gasteiger partial charge in [0, 0.05) is 6.54 Å². The van der Waals surface area contributed by atoms with E-state index in [1.807, 2.05) is 0 Å². The SMILES string of the molecule is CN(CCO)Cc1nnnn1-c1ccc(C(F)(F)F)cc1. The Hall–Kier alpha value is -2.00. The van der Waals surface area contributed by atoms with Crippen molar-refractivity contribution >= 4 is 0 Å². The van der Waals surface area contributed by atoms with Gasteiger partial charge in [-0.2, -0.15) is 17.9 Å². The van der Waals surface area contributed by atoms with Crippen molar-refractivity contribution in [1.29, 1.82) is 0 Å². The molecular formula is C12H14F3N5O. The van der Waals surface area contributed by atoms with Gasteiger partial charge in [0.1, 0.15) is 0 Å². The molecule has 2 aromatic rings. The minimum atomic E-state index is -4.37. The fraction of sp³-hybridized carbons (Fsp3) is 0.417. The molecule has 1 heterocycles. The van der Waals surface area contributed by atoms with Crippen LogP contribution in [-0.2, 0) is 12.7 Å². The molecule has 114 valence electrons. The molecule has 9 heteroatoms. The number of likely N-dealkylation sites (N-methyl/N-ethyl adjacent to an activating group) is 1. The van der Waals surface area contributed by atoms with Crippen LogP contribution in [0.4, 0.5) is 13.2 Å². The number of nitrogens with zero attached hydrogens (tertiary/aromatic N) is 5. The summed E-state index contributed by atoms with van der Waals surface area (Å²) in [4.78, 5) is 1.80. The number of aromatic nitrogens is 4. The summed E-state index contributed by atoms with van der Waals surface area (Å²) in [6.45, 7) is 0.812. The molecule has 21 heavy (non-hydrogen) atoms. The highest BCUT2D eigenvalue weighted by molar-refractivity contribution is 5.35. The predicted molar refractivity (Wildman–Crippen MR) is 67.6 cm³/mol. The first-order chi connectivity index (χ1) is 9.91. The van der Waals surface area contributed by atoms with Crippen molar-refractivity contribution in [3.63, 3.8) is 0 Å². The van der Waals surface area contributed by atoms with Gasteiger partial charge in [-0.3, -0.25) is 4.90 Å². The van der Waals surface area contributed by atoms with E-state index in [1.165, 1.54) is 16.8 Å². The van der Waals surface area contributed by atoms with Crippen LogP contribution in [0.2, 0.25) is 0 Å². The van der Waals surface area contributed by atoms with Gasteiger partial charge in [-0.15, -0.1) is 5.10 Å². The van der Waals surface area contributed by atoms with Crippen LogP contribution in [0.25, 0.3) is 5.69 Å². The molecule has 1 N–H and O–H groups in total. The monoisotopic (exact) mass is 301 g/mol. The predicted octanol–water partition coefficient (Wildman–Crippen LogP) is 1.11. The highest BCUT2D eigenvalue weighted by atomic mass is 19.4. The zero-order chi connectivity index (χ0) is 15.5. The third kappa shape index (κ3) is 3.76. The van der Waals surface area contributed by atoms with Crippen molar-refractivity contribution < 1.29 is 18.3 Å². The zero-order valence-electron chi connectivity index (χ0n) is 11.2. The summed E-state index contributed by atoms with van der Waals surface area (Å²) in [5.74, 6) is 0.478. The highest BCUT2D eigenvalue weighted by Crippen LogP contribution is 2.29. The second kappa shape index (κ2) is 6.19. The van der Waals surface area contributed by atoms with Crippen molar-refractivity contribution in [3.05, 3.63) is 35.7 Å². The number of rotatable bonds is 5. The summed E-state index contributed by atoms with van der Waals surface area (Å²) < 4.78 is 38.9. The number of tetrazole rings is 1. The quantitative estimate of drug-likeness (QED) is 0.896. The minimum absolute atomic E-state index is 0.00164. The molecule has 0 amide bonds. The second-order valence-corrected chi connectivity index (χ2v) is 4.51. The Morgan fingerprint density at radius 1 is 1.24 bits per heavy atom. The van der Waals surface area contributed by atoms with Gasteiger partial charge >= 0.3 is 6.18 Å². The Morgan fingerprint density at radius 3 is 2.48 bits per heavy atom. The lowest BCUT2D eigenvalue weighted by Gasteiger charge is -2.14. The van der Waals surface area contributed by atoms with Gasteiger partial charge in [-0.1, -0.05) is 0 Å². The maximum atomic E-state index is 12.5. The number of aliphatic hydroxyl groups excluding tert-OH is 1. The van der Waals surface area contributed by atoms with Gasteiger partial charge in [0.05, 0.1) is 24.4 Å². The molecule has 0 radical (unpaired) electrons. The molecule has 0 aliphatic carbocycles. The lowest BCUT2D eigenvalue weighted by atomic mass is 10.2. The van der Waals surface area contributed by atoms with E-state index in [4.69, 9.17) is 5.11 Å². The normalized spacial score (nSPS) is 12.1. The van der Waals surface area contributed by atoms with Crippen LogP contribution in [0.3, 0.4) is 0 Å². The summed E-state index contributed by atoms with van der Waals surface area (Å²) in [5, 5.41) is 20.0. The van der Waals surface area contributed by atoms with Crippen LogP contribution >= 0.6 is 0 Å². The second-order valence-electron chi connectivity index (χ2n) is 4.51. The van der Waals surface area contributed by atoms with Crippen molar-refractivity contribution in [2.45, 2.75) is 12.7 Å². The molecule has 0 aliphatic rings. The lowest BCUT2D eigenvalue weighted by Crippen LogP contribution is -2.23. The van der Waals surface area contributed by atoms with E-state index in [1.54, 1.807) is 11.9 Å². The minimum Gasteiger partial charge on any atom is -0.395 e. The van der Waals surface area contributed by atoms with Crippen molar-refractivity contribution in [1.82, 2.24) is 25.1 Å². The summed E-state index contributed by atoms with van der Waals surface area (Å²) in [6.07, 6.45) is -4.37. The molecule has 2 rings (SSSR count). The first kappa shape index (κ1) is 15.4. The Bertz CT molecular complexity index is 581. The average molecular weight is 301 g/mol. The van der Waals surface area contributed by atoms with Crippen LogP contribution < -0.4 is 0 Å². The molecule has 0 unspecified atom stereocenters. The van der Waals surface area contributed by atoms with Crippen molar-refractivity contribution in [3.8, 4) is 5.69 Å². The van der Waals surface area contributed by atoms with E-state index < -0.39 is 11.7 Å². The maximum absolute atomic E-state index is 12.5. The van der Waals surface area contributed by atoms with Gasteiger partial charge in [-0.25, -0.2) is 0 Å². The average Bonchev–Trinajstić information content (AvgIpc) is 2.86. The van der Waals surface area contributed by atoms with E-state index in [0.29, 0.717) is 24.6 Å². The molecule has 6 nitrogen and oxygen atoms in total. The molecule has 0 saturated carbocycles. The number of hydrogen-bond acceptors (Lipinski definition) is 5. The van der Waals surface area contributed by atoms with Gasteiger partial charge in [0.2, 0.25) is 0 Å². The van der Waals surface area contributed by atoms with E-state index >= 15 is 0 Å². The fourth-order valence-electron chi connectivity index (χ4n) is 1.79. The van der Waals surface area contributed by atoms with Crippen LogP contribution in [0.1, 0.15) is 11.4 Å².